The Labute approximate surface area is 234 Å². The number of anilines is 1. The van der Waals surface area contributed by atoms with E-state index in [0.717, 1.165) is 24.8 Å². The van der Waals surface area contributed by atoms with E-state index >= 15 is 4.39 Å². The van der Waals surface area contributed by atoms with Crippen LogP contribution in [0, 0.1) is 17.6 Å². The lowest BCUT2D eigenvalue weighted by Gasteiger charge is -2.37. The average molecular weight is 577 g/mol. The van der Waals surface area contributed by atoms with Crippen molar-refractivity contribution in [2.75, 3.05) is 37.4 Å². The van der Waals surface area contributed by atoms with Crippen molar-refractivity contribution in [1.29, 1.82) is 0 Å². The van der Waals surface area contributed by atoms with Gasteiger partial charge in [-0.15, -0.1) is 0 Å². The molecule has 0 aliphatic carbocycles. The van der Waals surface area contributed by atoms with Gasteiger partial charge in [-0.25, -0.2) is 17.2 Å². The van der Waals surface area contributed by atoms with E-state index in [4.69, 9.17) is 10.5 Å². The molecule has 4 N–H and O–H groups in total. The van der Waals surface area contributed by atoms with Crippen molar-refractivity contribution in [3.8, 4) is 0 Å². The van der Waals surface area contributed by atoms with Gasteiger partial charge in [0, 0.05) is 48.9 Å². The van der Waals surface area contributed by atoms with Crippen LogP contribution < -0.4 is 16.4 Å². The van der Waals surface area contributed by atoms with Crippen LogP contribution in [0.5, 0.6) is 0 Å². The molecule has 3 aliphatic rings. The third-order valence-corrected chi connectivity index (χ3v) is 10.5. The van der Waals surface area contributed by atoms with Crippen LogP contribution in [0.4, 0.5) is 14.5 Å². The van der Waals surface area contributed by atoms with Crippen molar-refractivity contribution >= 4 is 21.6 Å². The number of nitrogens with one attached hydrogen (secondary N) is 2. The number of hydrogen-bond acceptors (Lipinski definition) is 6. The highest BCUT2D eigenvalue weighted by molar-refractivity contribution is 7.89. The van der Waals surface area contributed by atoms with Gasteiger partial charge in [0.25, 0.3) is 0 Å². The Bertz CT molecular complexity index is 1290. The first-order valence-corrected chi connectivity index (χ1v) is 15.7. The molecule has 5 rings (SSSR count). The number of halogens is 2. The molecule has 40 heavy (non-hydrogen) atoms. The second kappa shape index (κ2) is 12.6. The molecule has 1 amide bonds. The summed E-state index contributed by atoms with van der Waals surface area (Å²) in [5.74, 6) is -1.62. The van der Waals surface area contributed by atoms with Gasteiger partial charge in [0.05, 0.1) is 18.4 Å². The predicted molar refractivity (Wildman–Crippen MR) is 149 cm³/mol. The summed E-state index contributed by atoms with van der Waals surface area (Å²) in [6.45, 7) is 2.03. The zero-order valence-electron chi connectivity index (χ0n) is 22.5. The van der Waals surface area contributed by atoms with Gasteiger partial charge in [0.2, 0.25) is 15.9 Å². The number of rotatable bonds is 8. The van der Waals surface area contributed by atoms with E-state index in [1.54, 1.807) is 22.5 Å². The highest BCUT2D eigenvalue weighted by Gasteiger charge is 2.38. The maximum absolute atomic E-state index is 15.1. The molecule has 3 saturated heterocycles. The Morgan fingerprint density at radius 1 is 1.15 bits per heavy atom. The fourth-order valence-electron chi connectivity index (χ4n) is 6.37. The molecule has 6 unspecified atom stereocenters. The molecule has 11 heteroatoms. The van der Waals surface area contributed by atoms with Gasteiger partial charge >= 0.3 is 0 Å². The molecule has 0 radical (unpaired) electrons. The maximum Gasteiger partial charge on any atom is 0.241 e. The van der Waals surface area contributed by atoms with Gasteiger partial charge in [0.15, 0.2) is 0 Å². The Balaban J connectivity index is 1.32. The summed E-state index contributed by atoms with van der Waals surface area (Å²) in [7, 11) is -3.37. The number of sulfonamides is 1. The number of hydrogen-bond donors (Lipinski definition) is 3. The number of nitrogens with zero attached hydrogens (tertiary/aromatic N) is 1. The lowest BCUT2D eigenvalue weighted by atomic mass is 9.78. The first-order chi connectivity index (χ1) is 19.2. The van der Waals surface area contributed by atoms with E-state index in [1.165, 1.54) is 24.3 Å². The van der Waals surface area contributed by atoms with E-state index < -0.39 is 33.7 Å². The van der Waals surface area contributed by atoms with Crippen molar-refractivity contribution in [2.45, 2.75) is 62.6 Å². The molecule has 3 heterocycles. The van der Waals surface area contributed by atoms with Gasteiger partial charge in [-0.05, 0) is 74.3 Å². The summed E-state index contributed by atoms with van der Waals surface area (Å²) in [6, 6.07) is 9.38. The van der Waals surface area contributed by atoms with E-state index in [-0.39, 0.29) is 36.0 Å². The summed E-state index contributed by atoms with van der Waals surface area (Å²) < 4.78 is 61.7. The van der Waals surface area contributed by atoms with Crippen LogP contribution in [0.1, 0.15) is 49.1 Å². The van der Waals surface area contributed by atoms with Crippen LogP contribution in [-0.2, 0) is 26.0 Å². The number of carbonyl (C=O) groups excluding carboxylic acids is 1. The van der Waals surface area contributed by atoms with Gasteiger partial charge in [-0.3, -0.25) is 4.79 Å². The highest BCUT2D eigenvalue weighted by atomic mass is 32.2. The molecule has 8 nitrogen and oxygen atoms in total. The number of ether oxygens (including phenoxy) is 1. The van der Waals surface area contributed by atoms with Gasteiger partial charge in [-0.1, -0.05) is 18.2 Å². The molecule has 2 aromatic rings. The summed E-state index contributed by atoms with van der Waals surface area (Å²) in [6.07, 6.45) is 3.76. The van der Waals surface area contributed by atoms with Crippen LogP contribution in [0.3, 0.4) is 0 Å². The minimum Gasteiger partial charge on any atom is -0.381 e. The molecule has 218 valence electrons. The fraction of sp³-hybridized carbons (Fsp3) is 0.552. The fourth-order valence-corrected chi connectivity index (χ4v) is 8.18. The number of amides is 1. The predicted octanol–water partition coefficient (Wildman–Crippen LogP) is 3.14. The normalized spacial score (nSPS) is 27.8. The standard InChI is InChI=1S/C29H38F2N4O4S/c30-21-10-8-19(9-11-21)27(20-4-2-14-39-18-20)28(32)29(36)34-26-7-1-6-25(31)24(26)13-12-23-16-33-22-5-3-15-40(37,38)35(23)17-22/h1,6-11,20,22-23,27-28,33H,2-5,12-18,32H2,(H,34,36). The lowest BCUT2D eigenvalue weighted by Crippen LogP contribution is -2.57. The van der Waals surface area contributed by atoms with Gasteiger partial charge in [-0.2, -0.15) is 4.31 Å². The minimum absolute atomic E-state index is 0.0230. The molecule has 0 saturated carbocycles. The van der Waals surface area contributed by atoms with Crippen molar-refractivity contribution < 1.29 is 26.7 Å². The molecule has 2 bridgehead atoms. The van der Waals surface area contributed by atoms with Crippen molar-refractivity contribution in [1.82, 2.24) is 9.62 Å². The van der Waals surface area contributed by atoms with Crippen LogP contribution in [-0.4, -0.2) is 68.8 Å². The van der Waals surface area contributed by atoms with Crippen molar-refractivity contribution in [3.05, 3.63) is 65.2 Å². The zero-order chi connectivity index (χ0) is 28.3. The average Bonchev–Trinajstić information content (AvgIpc) is 3.06. The minimum atomic E-state index is -3.37. The second-order valence-corrected chi connectivity index (χ2v) is 13.2. The molecule has 3 fully saturated rings. The number of piperazine rings is 1. The Hall–Kier alpha value is -2.44. The van der Waals surface area contributed by atoms with Gasteiger partial charge in [0.1, 0.15) is 11.6 Å². The highest BCUT2D eigenvalue weighted by Crippen LogP contribution is 2.34. The first-order valence-electron chi connectivity index (χ1n) is 14.1. The molecule has 2 aromatic carbocycles. The third kappa shape index (κ3) is 6.54. The smallest absolute Gasteiger partial charge is 0.241 e. The van der Waals surface area contributed by atoms with Crippen LogP contribution in [0.25, 0.3) is 0 Å². The van der Waals surface area contributed by atoms with Crippen LogP contribution >= 0.6 is 0 Å². The monoisotopic (exact) mass is 576 g/mol. The topological polar surface area (TPSA) is 114 Å². The van der Waals surface area contributed by atoms with E-state index in [9.17, 15) is 17.6 Å². The first kappa shape index (κ1) is 29.1. The number of carbonyl (C=O) groups is 1. The quantitative estimate of drug-likeness (QED) is 0.445. The zero-order valence-corrected chi connectivity index (χ0v) is 23.3. The molecule has 6 atom stereocenters. The van der Waals surface area contributed by atoms with Crippen molar-refractivity contribution in [2.24, 2.45) is 11.7 Å². The van der Waals surface area contributed by atoms with E-state index in [2.05, 4.69) is 10.6 Å². The van der Waals surface area contributed by atoms with Crippen molar-refractivity contribution in [3.63, 3.8) is 0 Å². The van der Waals surface area contributed by atoms with E-state index in [1.807, 2.05) is 0 Å². The van der Waals surface area contributed by atoms with E-state index in [0.29, 0.717) is 50.4 Å². The van der Waals surface area contributed by atoms with Crippen LogP contribution in [0.2, 0.25) is 0 Å². The molecule has 3 aliphatic heterocycles. The molecule has 0 spiro atoms. The largest absolute Gasteiger partial charge is 0.381 e. The number of nitrogens with two attached hydrogens (primary N) is 1. The molecule has 0 aromatic heterocycles. The molecular formula is C29H38F2N4O4S. The molecular weight excluding hydrogens is 538 g/mol. The SMILES string of the molecule is NC(C(=O)Nc1cccc(F)c1CCC1CNC2CCCS(=O)(=O)N1C2)C(c1ccc(F)cc1)C1CCCOC1. The number of benzene rings is 2. The summed E-state index contributed by atoms with van der Waals surface area (Å²) >= 11 is 0. The van der Waals surface area contributed by atoms with Gasteiger partial charge < -0.3 is 21.1 Å². The third-order valence-electron chi connectivity index (χ3n) is 8.51. The second-order valence-electron chi connectivity index (χ2n) is 11.2. The maximum atomic E-state index is 15.1. The Morgan fingerprint density at radius 3 is 2.70 bits per heavy atom. The summed E-state index contributed by atoms with van der Waals surface area (Å²) in [4.78, 5) is 13.5. The lowest BCUT2D eigenvalue weighted by molar-refractivity contribution is -0.118. The Kier molecular flexibility index (Phi) is 9.16. The van der Waals surface area contributed by atoms with Crippen LogP contribution in [0.15, 0.2) is 42.5 Å². The summed E-state index contributed by atoms with van der Waals surface area (Å²) in [5, 5.41) is 6.28. The summed E-state index contributed by atoms with van der Waals surface area (Å²) in [5.41, 5.74) is 7.94. The number of fused-ring (bicyclic) bond motifs is 2. The Morgan fingerprint density at radius 2 is 1.95 bits per heavy atom.